The molecular weight excluding hydrogens is 304 g/mol. The number of quaternary nitrogens is 1. The Morgan fingerprint density at radius 1 is 1.21 bits per heavy atom. The van der Waals surface area contributed by atoms with Crippen LogP contribution in [-0.2, 0) is 17.7 Å². The van der Waals surface area contributed by atoms with Gasteiger partial charge in [-0.25, -0.2) is 4.79 Å². The first kappa shape index (κ1) is 16.5. The lowest BCUT2D eigenvalue weighted by Crippen LogP contribution is -3.12. The summed E-state index contributed by atoms with van der Waals surface area (Å²) in [6.45, 7) is 5.83. The van der Waals surface area contributed by atoms with Crippen LogP contribution < -0.4 is 4.90 Å². The maximum Gasteiger partial charge on any atom is 0.339 e. The molecule has 0 bridgehead atoms. The number of H-pyrrole nitrogens is 1. The van der Waals surface area contributed by atoms with Crippen LogP contribution in [0.2, 0.25) is 0 Å². The average Bonchev–Trinajstić information content (AvgIpc) is 2.88. The second-order valence-electron chi connectivity index (χ2n) is 6.41. The zero-order valence-corrected chi connectivity index (χ0v) is 14.4. The Morgan fingerprint density at radius 2 is 1.92 bits per heavy atom. The third-order valence-corrected chi connectivity index (χ3v) is 4.82. The van der Waals surface area contributed by atoms with Gasteiger partial charge in [-0.2, -0.15) is 0 Å². The number of carbonyl (C=O) groups is 2. The summed E-state index contributed by atoms with van der Waals surface area (Å²) < 4.78 is 4.80. The van der Waals surface area contributed by atoms with Crippen molar-refractivity contribution in [2.75, 3.05) is 20.2 Å². The molecule has 126 valence electrons. The maximum atomic E-state index is 12.7. The van der Waals surface area contributed by atoms with E-state index in [1.54, 1.807) is 13.8 Å². The highest BCUT2D eigenvalue weighted by atomic mass is 16.5. The minimum atomic E-state index is -0.403. The van der Waals surface area contributed by atoms with E-state index >= 15 is 0 Å². The molecule has 1 unspecified atom stereocenters. The SMILES string of the molecule is COC(=O)c1c(C)[nH]c(C(=O)C[NH+]2CCc3ccccc3C2)c1C. The molecule has 5 heteroatoms. The third-order valence-electron chi connectivity index (χ3n) is 4.82. The predicted octanol–water partition coefficient (Wildman–Crippen LogP) is 1.24. The lowest BCUT2D eigenvalue weighted by atomic mass is 9.99. The molecule has 1 aliphatic heterocycles. The van der Waals surface area contributed by atoms with Gasteiger partial charge in [0.25, 0.3) is 0 Å². The summed E-state index contributed by atoms with van der Waals surface area (Å²) in [5, 5.41) is 0. The number of methoxy groups -OCH3 is 1. The molecular formula is C19H23N2O3+. The van der Waals surface area contributed by atoms with E-state index in [0.29, 0.717) is 29.1 Å². The number of ketones is 1. The number of nitrogens with one attached hydrogen (secondary N) is 2. The first-order chi connectivity index (χ1) is 11.5. The summed E-state index contributed by atoms with van der Waals surface area (Å²) in [5.74, 6) is -0.361. The molecule has 0 radical (unpaired) electrons. The van der Waals surface area contributed by atoms with Crippen molar-refractivity contribution in [3.63, 3.8) is 0 Å². The quantitative estimate of drug-likeness (QED) is 0.656. The summed E-state index contributed by atoms with van der Waals surface area (Å²) in [5.41, 5.74) is 5.07. The number of fused-ring (bicyclic) bond motifs is 1. The van der Waals surface area contributed by atoms with Gasteiger partial charge in [0.15, 0.2) is 0 Å². The van der Waals surface area contributed by atoms with Gasteiger partial charge in [-0.1, -0.05) is 24.3 Å². The number of benzene rings is 1. The Bertz CT molecular complexity index is 792. The summed E-state index contributed by atoms with van der Waals surface area (Å²) in [6.07, 6.45) is 0.995. The molecule has 1 aromatic carbocycles. The smallest absolute Gasteiger partial charge is 0.339 e. The summed E-state index contributed by atoms with van der Waals surface area (Å²) >= 11 is 0. The molecule has 0 spiro atoms. The molecule has 5 nitrogen and oxygen atoms in total. The number of ether oxygens (including phenoxy) is 1. The van der Waals surface area contributed by atoms with Gasteiger partial charge in [-0.05, 0) is 25.0 Å². The van der Waals surface area contributed by atoms with Gasteiger partial charge in [0.05, 0.1) is 24.9 Å². The predicted molar refractivity (Wildman–Crippen MR) is 90.5 cm³/mol. The van der Waals surface area contributed by atoms with Gasteiger partial charge < -0.3 is 14.6 Å². The van der Waals surface area contributed by atoms with E-state index in [1.165, 1.54) is 23.1 Å². The zero-order valence-electron chi connectivity index (χ0n) is 14.4. The number of hydrogen-bond donors (Lipinski definition) is 2. The van der Waals surface area contributed by atoms with E-state index < -0.39 is 5.97 Å². The van der Waals surface area contributed by atoms with Crippen molar-refractivity contribution >= 4 is 11.8 Å². The Morgan fingerprint density at radius 3 is 2.62 bits per heavy atom. The molecule has 0 saturated heterocycles. The fourth-order valence-electron chi connectivity index (χ4n) is 3.55. The Labute approximate surface area is 141 Å². The van der Waals surface area contributed by atoms with Crippen LogP contribution >= 0.6 is 0 Å². The molecule has 0 saturated carbocycles. The van der Waals surface area contributed by atoms with Crippen LogP contribution in [0.4, 0.5) is 0 Å². The average molecular weight is 327 g/mol. The number of esters is 1. The van der Waals surface area contributed by atoms with E-state index in [2.05, 4.69) is 23.2 Å². The Balaban J connectivity index is 1.76. The van der Waals surface area contributed by atoms with Crippen LogP contribution in [0.1, 0.15) is 43.2 Å². The number of aromatic amines is 1. The van der Waals surface area contributed by atoms with E-state index in [-0.39, 0.29) is 5.78 Å². The van der Waals surface area contributed by atoms with Gasteiger partial charge in [0.2, 0.25) is 5.78 Å². The van der Waals surface area contributed by atoms with Crippen molar-refractivity contribution in [2.45, 2.75) is 26.8 Å². The van der Waals surface area contributed by atoms with E-state index in [9.17, 15) is 9.59 Å². The van der Waals surface area contributed by atoms with Crippen molar-refractivity contribution in [2.24, 2.45) is 0 Å². The van der Waals surface area contributed by atoms with Crippen LogP contribution in [0.5, 0.6) is 0 Å². The Hall–Kier alpha value is -2.40. The molecule has 1 aliphatic rings. The monoisotopic (exact) mass is 327 g/mol. The van der Waals surface area contributed by atoms with Crippen molar-refractivity contribution < 1.29 is 19.2 Å². The number of Topliss-reactive ketones (excluding diaryl/α,β-unsaturated/α-hetero) is 1. The van der Waals surface area contributed by atoms with Gasteiger partial charge in [-0.15, -0.1) is 0 Å². The van der Waals surface area contributed by atoms with Crippen molar-refractivity contribution in [3.8, 4) is 0 Å². The molecule has 24 heavy (non-hydrogen) atoms. The van der Waals surface area contributed by atoms with Crippen molar-refractivity contribution in [3.05, 3.63) is 57.9 Å². The molecule has 1 aromatic heterocycles. The third kappa shape index (κ3) is 2.99. The number of carbonyl (C=O) groups excluding carboxylic acids is 2. The largest absolute Gasteiger partial charge is 0.465 e. The lowest BCUT2D eigenvalue weighted by molar-refractivity contribution is -0.907. The fraction of sp³-hybridized carbons (Fsp3) is 0.368. The van der Waals surface area contributed by atoms with Crippen molar-refractivity contribution in [1.82, 2.24) is 4.98 Å². The van der Waals surface area contributed by atoms with Gasteiger partial charge in [0, 0.05) is 17.7 Å². The van der Waals surface area contributed by atoms with E-state index in [4.69, 9.17) is 4.74 Å². The second-order valence-corrected chi connectivity index (χ2v) is 6.41. The zero-order chi connectivity index (χ0) is 17.3. The van der Waals surface area contributed by atoms with Crippen LogP contribution in [0, 0.1) is 13.8 Å². The van der Waals surface area contributed by atoms with Gasteiger partial charge in [-0.3, -0.25) is 4.79 Å². The molecule has 2 aromatic rings. The van der Waals surface area contributed by atoms with Crippen LogP contribution in [0.15, 0.2) is 24.3 Å². The Kier molecular flexibility index (Phi) is 4.53. The molecule has 2 heterocycles. The highest BCUT2D eigenvalue weighted by Gasteiger charge is 2.26. The molecule has 3 rings (SSSR count). The molecule has 1 atom stereocenters. The normalized spacial score (nSPS) is 16.5. The minimum Gasteiger partial charge on any atom is -0.465 e. The summed E-state index contributed by atoms with van der Waals surface area (Å²) in [6, 6.07) is 8.41. The van der Waals surface area contributed by atoms with Gasteiger partial charge >= 0.3 is 5.97 Å². The van der Waals surface area contributed by atoms with Crippen molar-refractivity contribution in [1.29, 1.82) is 0 Å². The summed E-state index contributed by atoms with van der Waals surface area (Å²) in [7, 11) is 1.35. The molecule has 2 N–H and O–H groups in total. The highest BCUT2D eigenvalue weighted by Crippen LogP contribution is 2.19. The van der Waals surface area contributed by atoms with E-state index in [1.807, 2.05) is 6.07 Å². The first-order valence-electron chi connectivity index (χ1n) is 8.22. The number of hydrogen-bond acceptors (Lipinski definition) is 3. The molecule has 0 amide bonds. The minimum absolute atomic E-state index is 0.0418. The fourth-order valence-corrected chi connectivity index (χ4v) is 3.55. The van der Waals surface area contributed by atoms with E-state index in [0.717, 1.165) is 19.5 Å². The van der Waals surface area contributed by atoms with Crippen LogP contribution in [0.25, 0.3) is 0 Å². The number of aryl methyl sites for hydroxylation is 1. The second kappa shape index (κ2) is 6.61. The number of aromatic nitrogens is 1. The summed E-state index contributed by atoms with van der Waals surface area (Å²) in [4.78, 5) is 28.9. The molecule has 0 aliphatic carbocycles. The van der Waals surface area contributed by atoms with Crippen LogP contribution in [-0.4, -0.2) is 36.9 Å². The lowest BCUT2D eigenvalue weighted by Gasteiger charge is -2.25. The topological polar surface area (TPSA) is 63.6 Å². The standard InChI is InChI=1S/C19H22N2O3/c1-12-17(19(23)24-3)13(2)20-18(12)16(22)11-21-9-8-14-6-4-5-7-15(14)10-21/h4-7,20H,8-11H2,1-3H3/p+1. The highest BCUT2D eigenvalue weighted by molar-refractivity contribution is 6.01. The molecule has 0 fully saturated rings. The first-order valence-corrected chi connectivity index (χ1v) is 8.22. The number of rotatable bonds is 4. The van der Waals surface area contributed by atoms with Crippen LogP contribution in [0.3, 0.4) is 0 Å². The van der Waals surface area contributed by atoms with Gasteiger partial charge in [0.1, 0.15) is 13.1 Å². The maximum absolute atomic E-state index is 12.7.